The highest BCUT2D eigenvalue weighted by molar-refractivity contribution is 5.87. The molecule has 1 fully saturated rings. The molecule has 3 atom stereocenters. The molecule has 14 heteroatoms. The van der Waals surface area contributed by atoms with E-state index in [4.69, 9.17) is 20.4 Å². The minimum atomic E-state index is -0.883. The van der Waals surface area contributed by atoms with E-state index in [0.717, 1.165) is 22.3 Å². The number of H-pyrrole nitrogens is 3. The lowest BCUT2D eigenvalue weighted by molar-refractivity contribution is -0.140. The molecule has 0 radical (unpaired) electrons. The van der Waals surface area contributed by atoms with Crippen LogP contribution in [0.5, 0.6) is 0 Å². The zero-order chi connectivity index (χ0) is 33.3. The number of aliphatic carboxylic acids is 3. The molecule has 5 aromatic rings. The predicted molar refractivity (Wildman–Crippen MR) is 174 cm³/mol. The van der Waals surface area contributed by atoms with Gasteiger partial charge in [0.25, 0.3) is 0 Å². The van der Waals surface area contributed by atoms with Crippen LogP contribution >= 0.6 is 0 Å². The lowest BCUT2D eigenvalue weighted by Gasteiger charge is -2.18. The summed E-state index contributed by atoms with van der Waals surface area (Å²) in [4.78, 5) is 47.6. The van der Waals surface area contributed by atoms with E-state index in [9.17, 15) is 14.4 Å². The molecule has 46 heavy (non-hydrogen) atoms. The van der Waals surface area contributed by atoms with Gasteiger partial charge in [0.05, 0.1) is 24.7 Å². The summed E-state index contributed by atoms with van der Waals surface area (Å²) in [5.41, 5.74) is 3.03. The number of rotatable bonds is 4. The molecule has 3 aromatic heterocycles. The summed E-state index contributed by atoms with van der Waals surface area (Å²) >= 11 is 0. The number of carboxylic acids is 3. The first-order valence-corrected chi connectivity index (χ1v) is 14.5. The highest BCUT2D eigenvalue weighted by Crippen LogP contribution is 2.17. The smallest absolute Gasteiger partial charge is 0.326 e. The Hall–Kier alpha value is -5.47. The molecule has 2 aromatic carbocycles. The molecule has 244 valence electrons. The molecule has 14 nitrogen and oxygen atoms in total. The summed E-state index contributed by atoms with van der Waals surface area (Å²) in [7, 11) is 0. The number of hydrogen-bond acceptors (Lipinski definition) is 8. The second-order valence-corrected chi connectivity index (χ2v) is 10.2. The Kier molecular flexibility index (Phi) is 14.0. The average molecular weight is 634 g/mol. The number of aliphatic imine (C=N–C) groups is 1. The Morgan fingerprint density at radius 3 is 2.13 bits per heavy atom. The Bertz CT molecular complexity index is 1630. The largest absolute Gasteiger partial charge is 0.481 e. The maximum absolute atomic E-state index is 10.5. The number of benzene rings is 2. The van der Waals surface area contributed by atoms with E-state index >= 15 is 0 Å². The van der Waals surface area contributed by atoms with Gasteiger partial charge in [-0.1, -0.05) is 36.4 Å². The lowest BCUT2D eigenvalue weighted by Crippen LogP contribution is -2.42. The summed E-state index contributed by atoms with van der Waals surface area (Å²) in [6.45, 7) is 2.79. The predicted octanol–water partition coefficient (Wildman–Crippen LogP) is 3.02. The van der Waals surface area contributed by atoms with Gasteiger partial charge < -0.3 is 46.0 Å². The van der Waals surface area contributed by atoms with Gasteiger partial charge >= 0.3 is 17.9 Å². The van der Waals surface area contributed by atoms with Crippen LogP contribution in [-0.2, 0) is 20.8 Å². The normalized spacial score (nSPS) is 18.0. The molecule has 0 aliphatic carbocycles. The van der Waals surface area contributed by atoms with Crippen LogP contribution in [0.2, 0.25) is 0 Å². The maximum Gasteiger partial charge on any atom is 0.326 e. The van der Waals surface area contributed by atoms with Gasteiger partial charge in [-0.05, 0) is 42.5 Å². The number of aliphatic hydroxyl groups is 1. The van der Waals surface area contributed by atoms with E-state index in [2.05, 4.69) is 53.8 Å². The third-order valence-electron chi connectivity index (χ3n) is 6.74. The van der Waals surface area contributed by atoms with E-state index in [-0.39, 0.29) is 6.42 Å². The number of β-amino-alcohol motifs (C(OH)–C–C–N with tert-alkyl or cyclic N) is 1. The van der Waals surface area contributed by atoms with Gasteiger partial charge in [0, 0.05) is 60.7 Å². The van der Waals surface area contributed by atoms with Crippen molar-refractivity contribution in [3.8, 4) is 0 Å². The summed E-state index contributed by atoms with van der Waals surface area (Å²) in [6, 6.07) is 17.0. The second kappa shape index (κ2) is 18.4. The Balaban J connectivity index is 0.000000160. The van der Waals surface area contributed by atoms with Crippen LogP contribution in [0, 0.1) is 0 Å². The Morgan fingerprint density at radius 2 is 1.61 bits per heavy atom. The standard InChI is InChI=1S/C10H9NO2.C8H7N.C6H10N2O2.C5H9NO3.C3H4N2/c12-10(13)5-7-6-11-9-4-2-1-3-8(7)9;1-2-4-8-7(3-1)5-6-9-8;1-4-7-3-2-5(8-4)6(9)10;7-3-1-4(5(8)9)6-2-3;1-2-5-3-4-1/h1-4,6,11H,5H2,(H,12,13);1-6,9H;5H,2-3H2,1H3,(H,7,8)(H,9,10);3-4,6-7H,1-2H2,(H,8,9);1-3H,(H,4,5)/t;;;3?,4-;/m...0./s1. The molecular formula is C32H39N7O7. The number of carboxylic acid groups (broad SMARTS) is 3. The first-order chi connectivity index (χ1) is 22.1. The number of para-hydroxylation sites is 2. The number of hydrogen-bond donors (Lipinski definition) is 9. The van der Waals surface area contributed by atoms with Crippen molar-refractivity contribution in [2.45, 2.75) is 44.4 Å². The monoisotopic (exact) mass is 633 g/mol. The third-order valence-corrected chi connectivity index (χ3v) is 6.74. The van der Waals surface area contributed by atoms with Crippen LogP contribution < -0.4 is 10.6 Å². The number of fused-ring (bicyclic) bond motifs is 2. The Labute approximate surface area is 264 Å². The molecule has 5 heterocycles. The minimum Gasteiger partial charge on any atom is -0.481 e. The van der Waals surface area contributed by atoms with Gasteiger partial charge in [-0.15, -0.1) is 0 Å². The molecule has 9 N–H and O–H groups in total. The van der Waals surface area contributed by atoms with E-state index in [1.807, 2.05) is 42.6 Å². The van der Waals surface area contributed by atoms with Gasteiger partial charge in [0.2, 0.25) is 0 Å². The molecule has 0 spiro atoms. The van der Waals surface area contributed by atoms with Crippen molar-refractivity contribution < 1.29 is 34.8 Å². The van der Waals surface area contributed by atoms with Gasteiger partial charge in [-0.25, -0.2) is 9.78 Å². The van der Waals surface area contributed by atoms with Crippen LogP contribution in [0.15, 0.2) is 90.7 Å². The van der Waals surface area contributed by atoms with Gasteiger partial charge in [-0.3, -0.25) is 14.6 Å². The van der Waals surface area contributed by atoms with Crippen molar-refractivity contribution in [2.75, 3.05) is 13.1 Å². The molecule has 1 saturated heterocycles. The highest BCUT2D eigenvalue weighted by Gasteiger charge is 2.27. The highest BCUT2D eigenvalue weighted by atomic mass is 16.4. The Morgan fingerprint density at radius 1 is 0.891 bits per heavy atom. The quantitative estimate of drug-likeness (QED) is 0.140. The van der Waals surface area contributed by atoms with E-state index in [1.54, 1.807) is 31.8 Å². The van der Waals surface area contributed by atoms with Crippen LogP contribution in [0.1, 0.15) is 25.3 Å². The number of aromatic nitrogens is 4. The summed E-state index contributed by atoms with van der Waals surface area (Å²) < 4.78 is 0. The fourth-order valence-electron chi connectivity index (χ4n) is 4.47. The van der Waals surface area contributed by atoms with Crippen molar-refractivity contribution in [1.82, 2.24) is 30.6 Å². The summed E-state index contributed by atoms with van der Waals surface area (Å²) in [5, 5.41) is 42.0. The minimum absolute atomic E-state index is 0.0734. The van der Waals surface area contributed by atoms with E-state index in [0.29, 0.717) is 25.9 Å². The first kappa shape index (κ1) is 35.0. The van der Waals surface area contributed by atoms with Crippen LogP contribution in [0.25, 0.3) is 21.8 Å². The molecule has 0 saturated carbocycles. The number of aliphatic hydroxyl groups excluding tert-OH is 1. The number of aromatic amines is 3. The van der Waals surface area contributed by atoms with Gasteiger partial charge in [-0.2, -0.15) is 0 Å². The molecular weight excluding hydrogens is 594 g/mol. The first-order valence-electron chi connectivity index (χ1n) is 14.5. The van der Waals surface area contributed by atoms with Crippen molar-refractivity contribution in [3.05, 3.63) is 91.3 Å². The molecule has 2 unspecified atom stereocenters. The number of carbonyl (C=O) groups is 3. The van der Waals surface area contributed by atoms with Crippen LogP contribution in [0.4, 0.5) is 0 Å². The SMILES string of the molecule is CC1=NCCC(C(=O)O)N1.O=C(O)Cc1c[nH]c2ccccc12.O=C(O)[C@@H]1CC(O)CN1.c1c[nH]cn1.c1ccc2[nH]ccc2c1. The zero-order valence-corrected chi connectivity index (χ0v) is 25.3. The van der Waals surface area contributed by atoms with Gasteiger partial charge in [0.1, 0.15) is 12.1 Å². The van der Waals surface area contributed by atoms with E-state index < -0.39 is 36.1 Å². The summed E-state index contributed by atoms with van der Waals surface area (Å²) in [6.07, 6.45) is 9.29. The van der Waals surface area contributed by atoms with Crippen LogP contribution in [0.3, 0.4) is 0 Å². The van der Waals surface area contributed by atoms with Crippen molar-refractivity contribution in [1.29, 1.82) is 0 Å². The molecule has 0 bridgehead atoms. The fraction of sp³-hybridized carbons (Fsp3) is 0.281. The number of nitrogens with one attached hydrogen (secondary N) is 5. The topological polar surface area (TPSA) is 229 Å². The number of nitrogens with zero attached hydrogens (tertiary/aromatic N) is 2. The fourth-order valence-corrected chi connectivity index (χ4v) is 4.47. The third kappa shape index (κ3) is 11.9. The maximum atomic E-state index is 10.5. The lowest BCUT2D eigenvalue weighted by atomic mass is 10.1. The molecule has 7 rings (SSSR count). The van der Waals surface area contributed by atoms with Crippen LogP contribution in [-0.4, -0.2) is 95.4 Å². The molecule has 2 aliphatic rings. The molecule has 2 aliphatic heterocycles. The zero-order valence-electron chi connectivity index (χ0n) is 25.3. The second-order valence-electron chi connectivity index (χ2n) is 10.2. The van der Waals surface area contributed by atoms with Crippen molar-refractivity contribution in [2.24, 2.45) is 4.99 Å². The number of amidine groups is 1. The van der Waals surface area contributed by atoms with E-state index in [1.165, 1.54) is 10.9 Å². The molecule has 0 amide bonds. The van der Waals surface area contributed by atoms with Gasteiger partial charge in [0.15, 0.2) is 0 Å². The number of imidazole rings is 1. The van der Waals surface area contributed by atoms with Crippen molar-refractivity contribution in [3.63, 3.8) is 0 Å². The average Bonchev–Trinajstić information content (AvgIpc) is 3.87. The summed E-state index contributed by atoms with van der Waals surface area (Å²) in [5.74, 6) is -1.76. The van der Waals surface area contributed by atoms with Crippen molar-refractivity contribution >= 4 is 45.5 Å².